The molecule has 0 aromatic carbocycles. The van der Waals surface area contributed by atoms with Gasteiger partial charge in [0.15, 0.2) is 0 Å². The topological polar surface area (TPSA) is 17.1 Å². The van der Waals surface area contributed by atoms with E-state index in [0.717, 1.165) is 18.8 Å². The molecule has 0 radical (unpaired) electrons. The maximum absolute atomic E-state index is 10.5. The zero-order chi connectivity index (χ0) is 12.2. The Labute approximate surface area is 106 Å². The van der Waals surface area contributed by atoms with Crippen LogP contribution in [0.3, 0.4) is 0 Å². The Bertz CT molecular complexity index is 166. The summed E-state index contributed by atoms with van der Waals surface area (Å²) in [6, 6.07) is 0. The first kappa shape index (κ1) is 16.0. The van der Waals surface area contributed by atoms with Gasteiger partial charge in [0, 0.05) is 6.42 Å². The van der Waals surface area contributed by atoms with E-state index in [1.54, 1.807) is 0 Å². The standard InChI is InChI=1S/C14H27ClO/c1-13(2)11-9-7-5-3-4-6-8-10-12-14(15)16/h13H,3-12H2,1-2H3. The summed E-state index contributed by atoms with van der Waals surface area (Å²) in [7, 11) is 0. The van der Waals surface area contributed by atoms with Crippen molar-refractivity contribution in [2.24, 2.45) is 5.92 Å². The molecule has 0 amide bonds. The van der Waals surface area contributed by atoms with Crippen LogP contribution in [0.2, 0.25) is 0 Å². The highest BCUT2D eigenvalue weighted by atomic mass is 35.5. The van der Waals surface area contributed by atoms with Gasteiger partial charge in [-0.1, -0.05) is 65.2 Å². The first-order valence-electron chi connectivity index (χ1n) is 6.81. The number of carbonyl (C=O) groups is 1. The van der Waals surface area contributed by atoms with Crippen LogP contribution in [0.5, 0.6) is 0 Å². The molecule has 0 aromatic heterocycles. The summed E-state index contributed by atoms with van der Waals surface area (Å²) >= 11 is 5.26. The molecular formula is C14H27ClO. The number of rotatable bonds is 11. The Morgan fingerprint density at radius 1 is 0.875 bits per heavy atom. The van der Waals surface area contributed by atoms with Gasteiger partial charge < -0.3 is 0 Å². The van der Waals surface area contributed by atoms with Crippen LogP contribution in [-0.4, -0.2) is 5.24 Å². The van der Waals surface area contributed by atoms with E-state index in [9.17, 15) is 4.79 Å². The Morgan fingerprint density at radius 3 is 1.75 bits per heavy atom. The summed E-state index contributed by atoms with van der Waals surface area (Å²) in [4.78, 5) is 10.5. The van der Waals surface area contributed by atoms with E-state index in [0.29, 0.717) is 6.42 Å². The molecule has 0 aromatic rings. The molecule has 1 nitrogen and oxygen atoms in total. The molecule has 0 saturated carbocycles. The van der Waals surface area contributed by atoms with Crippen LogP contribution >= 0.6 is 11.6 Å². The largest absolute Gasteiger partial charge is 0.281 e. The first-order valence-corrected chi connectivity index (χ1v) is 7.19. The van der Waals surface area contributed by atoms with Gasteiger partial charge in [-0.3, -0.25) is 4.79 Å². The van der Waals surface area contributed by atoms with Crippen molar-refractivity contribution in [3.05, 3.63) is 0 Å². The molecule has 0 aliphatic carbocycles. The lowest BCUT2D eigenvalue weighted by Crippen LogP contribution is -1.88. The quantitative estimate of drug-likeness (QED) is 0.357. The summed E-state index contributed by atoms with van der Waals surface area (Å²) in [6.07, 6.45) is 12.1. The Kier molecular flexibility index (Phi) is 11.4. The van der Waals surface area contributed by atoms with Crippen molar-refractivity contribution in [2.45, 2.75) is 78.1 Å². The predicted molar refractivity (Wildman–Crippen MR) is 71.9 cm³/mol. The monoisotopic (exact) mass is 246 g/mol. The highest BCUT2D eigenvalue weighted by Crippen LogP contribution is 2.13. The normalized spacial score (nSPS) is 11.0. The SMILES string of the molecule is CC(C)CCCCCCCCCCC(=O)Cl. The molecule has 2 heteroatoms. The molecule has 0 fully saturated rings. The van der Waals surface area contributed by atoms with E-state index >= 15 is 0 Å². The molecule has 16 heavy (non-hydrogen) atoms. The zero-order valence-electron chi connectivity index (χ0n) is 10.9. The number of halogens is 1. The lowest BCUT2D eigenvalue weighted by molar-refractivity contribution is -0.111. The highest BCUT2D eigenvalue weighted by Gasteiger charge is 1.97. The van der Waals surface area contributed by atoms with Gasteiger partial charge in [-0.15, -0.1) is 0 Å². The second-order valence-corrected chi connectivity index (χ2v) is 5.54. The lowest BCUT2D eigenvalue weighted by Gasteiger charge is -2.04. The maximum atomic E-state index is 10.5. The number of hydrogen-bond acceptors (Lipinski definition) is 1. The Balaban J connectivity index is 2.96. The highest BCUT2D eigenvalue weighted by molar-refractivity contribution is 6.63. The molecule has 0 unspecified atom stereocenters. The van der Waals surface area contributed by atoms with Crippen molar-refractivity contribution >= 4 is 16.8 Å². The van der Waals surface area contributed by atoms with Crippen LogP contribution in [0, 0.1) is 5.92 Å². The maximum Gasteiger partial charge on any atom is 0.221 e. The molecule has 0 atom stereocenters. The minimum absolute atomic E-state index is 0.186. The second kappa shape index (κ2) is 11.4. The molecule has 0 N–H and O–H groups in total. The van der Waals surface area contributed by atoms with Crippen molar-refractivity contribution in [3.63, 3.8) is 0 Å². The number of carbonyl (C=O) groups excluding carboxylic acids is 1. The molecule has 0 bridgehead atoms. The summed E-state index contributed by atoms with van der Waals surface area (Å²) < 4.78 is 0. The molecule has 0 spiro atoms. The van der Waals surface area contributed by atoms with Gasteiger partial charge in [-0.25, -0.2) is 0 Å². The predicted octanol–water partition coefficient (Wildman–Crippen LogP) is 5.31. The van der Waals surface area contributed by atoms with E-state index in [4.69, 9.17) is 11.6 Å². The van der Waals surface area contributed by atoms with Crippen molar-refractivity contribution in [1.82, 2.24) is 0 Å². The summed E-state index contributed by atoms with van der Waals surface area (Å²) in [5.74, 6) is 0.855. The second-order valence-electron chi connectivity index (χ2n) is 5.12. The third-order valence-electron chi connectivity index (χ3n) is 2.90. The minimum atomic E-state index is -0.186. The average Bonchev–Trinajstić information content (AvgIpc) is 2.20. The third-order valence-corrected chi connectivity index (χ3v) is 3.09. The van der Waals surface area contributed by atoms with Crippen molar-refractivity contribution < 1.29 is 4.79 Å². The van der Waals surface area contributed by atoms with Gasteiger partial charge in [0.1, 0.15) is 0 Å². The minimum Gasteiger partial charge on any atom is -0.281 e. The smallest absolute Gasteiger partial charge is 0.221 e. The van der Waals surface area contributed by atoms with Crippen molar-refractivity contribution in [2.75, 3.05) is 0 Å². The molecule has 0 aliphatic rings. The molecule has 0 rings (SSSR count). The molecule has 0 heterocycles. The van der Waals surface area contributed by atoms with Crippen molar-refractivity contribution in [3.8, 4) is 0 Å². The van der Waals surface area contributed by atoms with Gasteiger partial charge in [0.2, 0.25) is 5.24 Å². The summed E-state index contributed by atoms with van der Waals surface area (Å²) in [5.41, 5.74) is 0. The van der Waals surface area contributed by atoms with Crippen LogP contribution in [-0.2, 0) is 4.79 Å². The van der Waals surface area contributed by atoms with Gasteiger partial charge in [0.05, 0.1) is 0 Å². The summed E-state index contributed by atoms with van der Waals surface area (Å²) in [5, 5.41) is -0.186. The first-order chi connectivity index (χ1) is 7.63. The van der Waals surface area contributed by atoms with E-state index in [-0.39, 0.29) is 5.24 Å². The van der Waals surface area contributed by atoms with E-state index in [1.807, 2.05) is 0 Å². The number of hydrogen-bond donors (Lipinski definition) is 0. The lowest BCUT2D eigenvalue weighted by atomic mass is 10.0. The molecule has 0 aliphatic heterocycles. The van der Waals surface area contributed by atoms with Crippen molar-refractivity contribution in [1.29, 1.82) is 0 Å². The van der Waals surface area contributed by atoms with E-state index < -0.39 is 0 Å². The van der Waals surface area contributed by atoms with Crippen LogP contribution in [0.25, 0.3) is 0 Å². The van der Waals surface area contributed by atoms with E-state index in [2.05, 4.69) is 13.8 Å². The molecule has 0 saturated heterocycles. The fraction of sp³-hybridized carbons (Fsp3) is 0.929. The Morgan fingerprint density at radius 2 is 1.31 bits per heavy atom. The fourth-order valence-corrected chi connectivity index (χ4v) is 2.01. The van der Waals surface area contributed by atoms with E-state index in [1.165, 1.54) is 44.9 Å². The van der Waals surface area contributed by atoms with Gasteiger partial charge in [0.25, 0.3) is 0 Å². The van der Waals surface area contributed by atoms with Gasteiger partial charge >= 0.3 is 0 Å². The summed E-state index contributed by atoms with van der Waals surface area (Å²) in [6.45, 7) is 4.58. The fourth-order valence-electron chi connectivity index (χ4n) is 1.88. The van der Waals surface area contributed by atoms with Crippen LogP contribution in [0.4, 0.5) is 0 Å². The van der Waals surface area contributed by atoms with Gasteiger partial charge in [-0.2, -0.15) is 0 Å². The zero-order valence-corrected chi connectivity index (χ0v) is 11.7. The van der Waals surface area contributed by atoms with Gasteiger partial charge in [-0.05, 0) is 23.9 Å². The molecular weight excluding hydrogens is 220 g/mol. The van der Waals surface area contributed by atoms with Crippen LogP contribution in [0.15, 0.2) is 0 Å². The Hall–Kier alpha value is -0.0400. The molecule has 96 valence electrons. The van der Waals surface area contributed by atoms with Crippen LogP contribution < -0.4 is 0 Å². The number of unbranched alkanes of at least 4 members (excludes halogenated alkanes) is 7. The van der Waals surface area contributed by atoms with Crippen LogP contribution in [0.1, 0.15) is 78.1 Å². The third kappa shape index (κ3) is 14.0. The average molecular weight is 247 g/mol.